The van der Waals surface area contributed by atoms with Crippen LogP contribution in [0.25, 0.3) is 10.9 Å². The Kier molecular flexibility index (Phi) is 3.03. The molecule has 0 spiro atoms. The molecule has 2 rings (SSSR count). The molecule has 0 saturated carbocycles. The second-order valence-electron chi connectivity index (χ2n) is 3.88. The average Bonchev–Trinajstić information content (AvgIpc) is 2.28. The molecule has 0 saturated heterocycles. The third kappa shape index (κ3) is 1.98. The number of aryl methyl sites for hydroxylation is 1. The maximum atomic E-state index is 11.3. The van der Waals surface area contributed by atoms with Crippen molar-refractivity contribution in [2.75, 3.05) is 0 Å². The maximum Gasteiger partial charge on any atom is 0.336 e. The van der Waals surface area contributed by atoms with Gasteiger partial charge in [0.15, 0.2) is 0 Å². The molecule has 0 fully saturated rings. The number of hydrogen-bond acceptors (Lipinski definition) is 2. The van der Waals surface area contributed by atoms with Crippen LogP contribution in [-0.4, -0.2) is 16.1 Å². The number of carbonyl (C=O) groups is 1. The monoisotopic (exact) mass is 249 g/mol. The first kappa shape index (κ1) is 11.9. The van der Waals surface area contributed by atoms with E-state index in [1.165, 1.54) is 0 Å². The summed E-state index contributed by atoms with van der Waals surface area (Å²) in [5, 5.41) is 10.5. The van der Waals surface area contributed by atoms with Crippen molar-refractivity contribution in [1.82, 2.24) is 4.98 Å². The van der Waals surface area contributed by atoms with E-state index in [2.05, 4.69) is 4.98 Å². The largest absolute Gasteiger partial charge is 0.478 e. The Morgan fingerprint density at radius 1 is 1.47 bits per heavy atom. The minimum absolute atomic E-state index is 0.323. The highest BCUT2D eigenvalue weighted by molar-refractivity contribution is 6.31. The second kappa shape index (κ2) is 4.34. The lowest BCUT2D eigenvalue weighted by molar-refractivity contribution is 0.0698. The molecule has 88 valence electrons. The van der Waals surface area contributed by atoms with Gasteiger partial charge in [-0.15, -0.1) is 0 Å². The van der Waals surface area contributed by atoms with Crippen LogP contribution in [0.2, 0.25) is 5.02 Å². The van der Waals surface area contributed by atoms with Crippen LogP contribution in [0.1, 0.15) is 28.5 Å². The van der Waals surface area contributed by atoms with Gasteiger partial charge in [-0.25, -0.2) is 4.79 Å². The third-order valence-corrected chi connectivity index (χ3v) is 3.08. The summed E-state index contributed by atoms with van der Waals surface area (Å²) in [6.45, 7) is 3.75. The molecule has 0 radical (unpaired) electrons. The van der Waals surface area contributed by atoms with E-state index in [1.54, 1.807) is 25.1 Å². The summed E-state index contributed by atoms with van der Waals surface area (Å²) in [4.78, 5) is 15.8. The number of nitrogens with zero attached hydrogens (tertiary/aromatic N) is 1. The number of halogens is 1. The number of benzene rings is 1. The number of fused-ring (bicyclic) bond motifs is 1. The molecule has 3 nitrogen and oxygen atoms in total. The molecule has 1 N–H and O–H groups in total. The molecule has 0 unspecified atom stereocenters. The van der Waals surface area contributed by atoms with E-state index in [-0.39, 0.29) is 0 Å². The Morgan fingerprint density at radius 2 is 2.18 bits per heavy atom. The van der Waals surface area contributed by atoms with Gasteiger partial charge in [-0.05, 0) is 31.0 Å². The lowest BCUT2D eigenvalue weighted by Gasteiger charge is -2.10. The zero-order chi connectivity index (χ0) is 12.6. The van der Waals surface area contributed by atoms with Gasteiger partial charge in [0, 0.05) is 16.1 Å². The predicted octanol–water partition coefficient (Wildman–Crippen LogP) is 3.46. The minimum atomic E-state index is -0.924. The Hall–Kier alpha value is -1.61. The summed E-state index contributed by atoms with van der Waals surface area (Å²) in [6, 6.07) is 5.09. The SMILES string of the molecule is CCc1nc2cc(Cl)ccc2c(C(=O)O)c1C. The number of carboxylic acid groups (broad SMARTS) is 1. The Labute approximate surface area is 104 Å². The van der Waals surface area contributed by atoms with Gasteiger partial charge in [0.2, 0.25) is 0 Å². The third-order valence-electron chi connectivity index (χ3n) is 2.84. The standard InChI is InChI=1S/C13H12ClNO2/c1-3-10-7(2)12(13(16)17)9-5-4-8(14)6-11(9)15-10/h4-6H,3H2,1-2H3,(H,16,17). The summed E-state index contributed by atoms with van der Waals surface area (Å²) < 4.78 is 0. The molecular weight excluding hydrogens is 238 g/mol. The molecule has 0 amide bonds. The lowest BCUT2D eigenvalue weighted by atomic mass is 10.0. The van der Waals surface area contributed by atoms with E-state index in [4.69, 9.17) is 11.6 Å². The molecule has 0 atom stereocenters. The van der Waals surface area contributed by atoms with E-state index in [0.29, 0.717) is 27.9 Å². The van der Waals surface area contributed by atoms with Crippen molar-refractivity contribution in [3.8, 4) is 0 Å². The van der Waals surface area contributed by atoms with Crippen molar-refractivity contribution < 1.29 is 9.90 Å². The molecule has 1 aromatic heterocycles. The summed E-state index contributed by atoms with van der Waals surface area (Å²) in [5.74, 6) is -0.924. The van der Waals surface area contributed by atoms with Crippen molar-refractivity contribution in [2.24, 2.45) is 0 Å². The molecule has 4 heteroatoms. The Morgan fingerprint density at radius 3 is 2.76 bits per heavy atom. The van der Waals surface area contributed by atoms with E-state index in [0.717, 1.165) is 11.3 Å². The number of pyridine rings is 1. The normalized spacial score (nSPS) is 10.8. The van der Waals surface area contributed by atoms with Crippen LogP contribution in [0.3, 0.4) is 0 Å². The van der Waals surface area contributed by atoms with Crippen LogP contribution in [0, 0.1) is 6.92 Å². The first-order valence-corrected chi connectivity index (χ1v) is 5.74. The van der Waals surface area contributed by atoms with Crippen molar-refractivity contribution >= 4 is 28.5 Å². The number of aromatic carboxylic acids is 1. The van der Waals surface area contributed by atoms with Gasteiger partial charge in [0.25, 0.3) is 0 Å². The smallest absolute Gasteiger partial charge is 0.336 e. The molecule has 0 aliphatic heterocycles. The molecule has 0 aliphatic carbocycles. The zero-order valence-corrected chi connectivity index (χ0v) is 10.4. The molecule has 1 heterocycles. The summed E-state index contributed by atoms with van der Waals surface area (Å²) in [6.07, 6.45) is 0.703. The van der Waals surface area contributed by atoms with Gasteiger partial charge in [0.05, 0.1) is 11.1 Å². The van der Waals surface area contributed by atoms with Crippen molar-refractivity contribution in [1.29, 1.82) is 0 Å². The fraction of sp³-hybridized carbons (Fsp3) is 0.231. The topological polar surface area (TPSA) is 50.2 Å². The fourth-order valence-corrected chi connectivity index (χ4v) is 2.17. The van der Waals surface area contributed by atoms with E-state index >= 15 is 0 Å². The van der Waals surface area contributed by atoms with Crippen LogP contribution in [0.15, 0.2) is 18.2 Å². The van der Waals surface area contributed by atoms with Crippen LogP contribution < -0.4 is 0 Å². The maximum absolute atomic E-state index is 11.3. The number of aromatic nitrogens is 1. The van der Waals surface area contributed by atoms with Gasteiger partial charge in [-0.1, -0.05) is 24.6 Å². The summed E-state index contributed by atoms with van der Waals surface area (Å²) >= 11 is 5.90. The summed E-state index contributed by atoms with van der Waals surface area (Å²) in [5.41, 5.74) is 2.49. The average molecular weight is 250 g/mol. The number of hydrogen-bond donors (Lipinski definition) is 1. The first-order chi connectivity index (χ1) is 8.04. The zero-order valence-electron chi connectivity index (χ0n) is 9.62. The van der Waals surface area contributed by atoms with Gasteiger partial charge in [-0.2, -0.15) is 0 Å². The van der Waals surface area contributed by atoms with Crippen LogP contribution in [0.5, 0.6) is 0 Å². The minimum Gasteiger partial charge on any atom is -0.478 e. The highest BCUT2D eigenvalue weighted by atomic mass is 35.5. The summed E-state index contributed by atoms with van der Waals surface area (Å²) in [7, 11) is 0. The van der Waals surface area contributed by atoms with Gasteiger partial charge in [-0.3, -0.25) is 4.98 Å². The second-order valence-corrected chi connectivity index (χ2v) is 4.32. The van der Waals surface area contributed by atoms with Crippen molar-refractivity contribution in [3.05, 3.63) is 40.0 Å². The van der Waals surface area contributed by atoms with Crippen LogP contribution in [-0.2, 0) is 6.42 Å². The first-order valence-electron chi connectivity index (χ1n) is 5.36. The highest BCUT2D eigenvalue weighted by Crippen LogP contribution is 2.25. The molecule has 2 aromatic rings. The quantitative estimate of drug-likeness (QED) is 0.887. The molecule has 1 aromatic carbocycles. The fourth-order valence-electron chi connectivity index (χ4n) is 2.00. The number of rotatable bonds is 2. The van der Waals surface area contributed by atoms with Crippen molar-refractivity contribution in [3.63, 3.8) is 0 Å². The van der Waals surface area contributed by atoms with Gasteiger partial charge >= 0.3 is 5.97 Å². The lowest BCUT2D eigenvalue weighted by Crippen LogP contribution is -2.06. The van der Waals surface area contributed by atoms with Gasteiger partial charge in [0.1, 0.15) is 0 Å². The van der Waals surface area contributed by atoms with Crippen molar-refractivity contribution in [2.45, 2.75) is 20.3 Å². The molecular formula is C13H12ClNO2. The van der Waals surface area contributed by atoms with E-state index in [9.17, 15) is 9.90 Å². The predicted molar refractivity (Wildman–Crippen MR) is 67.8 cm³/mol. The molecule has 17 heavy (non-hydrogen) atoms. The van der Waals surface area contributed by atoms with Crippen LogP contribution >= 0.6 is 11.6 Å². The molecule has 0 bridgehead atoms. The molecule has 0 aliphatic rings. The van der Waals surface area contributed by atoms with E-state index in [1.807, 2.05) is 6.92 Å². The van der Waals surface area contributed by atoms with E-state index < -0.39 is 5.97 Å². The number of carboxylic acids is 1. The van der Waals surface area contributed by atoms with Gasteiger partial charge < -0.3 is 5.11 Å². The highest BCUT2D eigenvalue weighted by Gasteiger charge is 2.16. The van der Waals surface area contributed by atoms with Crippen LogP contribution in [0.4, 0.5) is 0 Å². The Balaban J connectivity index is 2.91. The Bertz CT molecular complexity index is 608.